The fourth-order valence-electron chi connectivity index (χ4n) is 3.49. The fourth-order valence-corrected chi connectivity index (χ4v) is 3.49. The largest absolute Gasteiger partial charge is 0.493 e. The van der Waals surface area contributed by atoms with Gasteiger partial charge in [-0.3, -0.25) is 14.4 Å². The van der Waals surface area contributed by atoms with Gasteiger partial charge >= 0.3 is 0 Å². The molecule has 3 amide bonds. The van der Waals surface area contributed by atoms with Gasteiger partial charge in [0.2, 0.25) is 11.8 Å². The smallest absolute Gasteiger partial charge is 0.255 e. The highest BCUT2D eigenvalue weighted by Gasteiger charge is 2.21. The van der Waals surface area contributed by atoms with E-state index in [-0.39, 0.29) is 45.5 Å². The van der Waals surface area contributed by atoms with Crippen LogP contribution in [0.25, 0.3) is 6.08 Å². The van der Waals surface area contributed by atoms with Gasteiger partial charge in [-0.05, 0) is 35.9 Å². The van der Waals surface area contributed by atoms with Crippen molar-refractivity contribution in [3.63, 3.8) is 0 Å². The van der Waals surface area contributed by atoms with Crippen LogP contribution in [0.15, 0.2) is 60.7 Å². The highest BCUT2D eigenvalue weighted by Crippen LogP contribution is 2.39. The summed E-state index contributed by atoms with van der Waals surface area (Å²) in [6.45, 7) is 0. The number of ether oxygens (including phenoxy) is 4. The third-order valence-electron chi connectivity index (χ3n) is 5.24. The molecule has 0 saturated carbocycles. The van der Waals surface area contributed by atoms with E-state index in [9.17, 15) is 14.4 Å². The molecule has 0 bridgehead atoms. The van der Waals surface area contributed by atoms with Gasteiger partial charge < -0.3 is 35.3 Å². The fraction of sp³-hybridized carbons (Fsp3) is 0.148. The lowest BCUT2D eigenvalue weighted by atomic mass is 10.1. The van der Waals surface area contributed by atoms with E-state index in [4.69, 9.17) is 24.7 Å². The zero-order valence-electron chi connectivity index (χ0n) is 20.8. The molecule has 0 atom stereocenters. The zero-order valence-corrected chi connectivity index (χ0v) is 20.8. The van der Waals surface area contributed by atoms with Crippen molar-refractivity contribution in [2.45, 2.75) is 0 Å². The molecule has 3 aromatic carbocycles. The van der Waals surface area contributed by atoms with Gasteiger partial charge in [0.05, 0.1) is 39.8 Å². The summed E-state index contributed by atoms with van der Waals surface area (Å²) in [6.07, 6.45) is 3.02. The number of anilines is 2. The van der Waals surface area contributed by atoms with Crippen LogP contribution in [0.1, 0.15) is 26.3 Å². The second kappa shape index (κ2) is 12.1. The lowest BCUT2D eigenvalue weighted by molar-refractivity contribution is -0.111. The Balaban J connectivity index is 1.95. The van der Waals surface area contributed by atoms with E-state index in [1.54, 1.807) is 6.08 Å². The molecule has 4 N–H and O–H groups in total. The van der Waals surface area contributed by atoms with Crippen molar-refractivity contribution < 1.29 is 33.3 Å². The summed E-state index contributed by atoms with van der Waals surface area (Å²) >= 11 is 0. The summed E-state index contributed by atoms with van der Waals surface area (Å²) in [5, 5.41) is 5.40. The van der Waals surface area contributed by atoms with Crippen molar-refractivity contribution >= 4 is 35.2 Å². The molecule has 0 spiro atoms. The predicted octanol–water partition coefficient (Wildman–Crippen LogP) is 3.72. The Morgan fingerprint density at radius 1 is 0.730 bits per heavy atom. The highest BCUT2D eigenvalue weighted by atomic mass is 16.5. The van der Waals surface area contributed by atoms with Gasteiger partial charge in [-0.1, -0.05) is 30.3 Å². The van der Waals surface area contributed by atoms with E-state index in [0.29, 0.717) is 0 Å². The van der Waals surface area contributed by atoms with Crippen LogP contribution in [0.5, 0.6) is 23.0 Å². The number of carbonyl (C=O) groups excluding carboxylic acids is 3. The number of rotatable bonds is 10. The maximum Gasteiger partial charge on any atom is 0.255 e. The van der Waals surface area contributed by atoms with E-state index in [1.807, 2.05) is 30.3 Å². The van der Waals surface area contributed by atoms with Gasteiger partial charge in [0.1, 0.15) is 0 Å². The van der Waals surface area contributed by atoms with Crippen LogP contribution in [-0.4, -0.2) is 46.2 Å². The molecular formula is C27H27N3O7. The molecule has 3 aromatic rings. The molecule has 0 aromatic heterocycles. The number of primary amides is 1. The van der Waals surface area contributed by atoms with Crippen LogP contribution in [-0.2, 0) is 4.79 Å². The highest BCUT2D eigenvalue weighted by molar-refractivity contribution is 6.09. The van der Waals surface area contributed by atoms with Crippen LogP contribution >= 0.6 is 0 Å². The number of nitrogens with one attached hydrogen (secondary N) is 2. The summed E-state index contributed by atoms with van der Waals surface area (Å²) in [7, 11) is 5.61. The van der Waals surface area contributed by atoms with Gasteiger partial charge in [0.25, 0.3) is 5.91 Å². The van der Waals surface area contributed by atoms with Crippen molar-refractivity contribution in [1.82, 2.24) is 0 Å². The Morgan fingerprint density at radius 3 is 1.81 bits per heavy atom. The second-order valence-electron chi connectivity index (χ2n) is 7.57. The lowest BCUT2D eigenvalue weighted by Gasteiger charge is -2.17. The maximum absolute atomic E-state index is 13.2. The molecular weight excluding hydrogens is 478 g/mol. The molecule has 0 aliphatic heterocycles. The molecule has 0 radical (unpaired) electrons. The van der Waals surface area contributed by atoms with Gasteiger partial charge in [-0.25, -0.2) is 0 Å². The molecule has 0 aliphatic rings. The van der Waals surface area contributed by atoms with Crippen molar-refractivity contribution in [2.75, 3.05) is 39.1 Å². The van der Waals surface area contributed by atoms with Gasteiger partial charge in [-0.15, -0.1) is 0 Å². The van der Waals surface area contributed by atoms with Crippen LogP contribution in [0.2, 0.25) is 0 Å². The van der Waals surface area contributed by atoms with E-state index in [2.05, 4.69) is 10.6 Å². The van der Waals surface area contributed by atoms with Crippen LogP contribution in [0.3, 0.4) is 0 Å². The summed E-state index contributed by atoms with van der Waals surface area (Å²) in [4.78, 5) is 37.6. The molecule has 37 heavy (non-hydrogen) atoms. The minimum atomic E-state index is -0.712. The first-order valence-corrected chi connectivity index (χ1v) is 11.0. The molecule has 0 unspecified atom stereocenters. The van der Waals surface area contributed by atoms with E-state index < -0.39 is 17.7 Å². The summed E-state index contributed by atoms with van der Waals surface area (Å²) < 4.78 is 21.4. The van der Waals surface area contributed by atoms with E-state index >= 15 is 0 Å². The number of hydrogen-bond donors (Lipinski definition) is 3. The average Bonchev–Trinajstić information content (AvgIpc) is 2.91. The predicted molar refractivity (Wildman–Crippen MR) is 140 cm³/mol. The van der Waals surface area contributed by atoms with Crippen molar-refractivity contribution in [2.24, 2.45) is 5.73 Å². The number of nitrogens with two attached hydrogens (primary N) is 1. The van der Waals surface area contributed by atoms with E-state index in [0.717, 1.165) is 5.56 Å². The molecule has 10 nitrogen and oxygen atoms in total. The third-order valence-corrected chi connectivity index (χ3v) is 5.24. The van der Waals surface area contributed by atoms with Gasteiger partial charge in [0.15, 0.2) is 23.0 Å². The molecule has 0 saturated heterocycles. The first-order valence-electron chi connectivity index (χ1n) is 11.0. The zero-order chi connectivity index (χ0) is 26.9. The molecule has 0 fully saturated rings. The van der Waals surface area contributed by atoms with Crippen molar-refractivity contribution in [3.05, 3.63) is 77.4 Å². The first-order chi connectivity index (χ1) is 17.8. The van der Waals surface area contributed by atoms with Crippen LogP contribution in [0.4, 0.5) is 11.4 Å². The minimum absolute atomic E-state index is 0.110. The Bertz CT molecular complexity index is 1340. The Labute approximate surface area is 214 Å². The molecule has 0 aliphatic carbocycles. The minimum Gasteiger partial charge on any atom is -0.493 e. The normalized spacial score (nSPS) is 10.5. The Morgan fingerprint density at radius 2 is 1.27 bits per heavy atom. The summed E-state index contributed by atoms with van der Waals surface area (Å²) in [5.74, 6) is -0.888. The average molecular weight is 506 g/mol. The number of carbonyl (C=O) groups is 3. The topological polar surface area (TPSA) is 138 Å². The Kier molecular flexibility index (Phi) is 8.71. The number of hydrogen-bond acceptors (Lipinski definition) is 7. The van der Waals surface area contributed by atoms with Crippen LogP contribution in [0, 0.1) is 0 Å². The third kappa shape index (κ3) is 6.37. The first kappa shape index (κ1) is 26.6. The Hall–Kier alpha value is -4.99. The standard InChI is InChI=1S/C27H27N3O7/c1-34-21-14-17(26(28)32)12-20(25(21)37-4)30-27(33)18-13-19(24(36-3)22(15-18)35-2)29-23(31)11-10-16-8-6-5-7-9-16/h5-15H,1-4H3,(H2,28,32)(H,29,31)(H,30,33)/b11-10+. The van der Waals surface area contributed by atoms with E-state index in [1.165, 1.54) is 58.8 Å². The second-order valence-corrected chi connectivity index (χ2v) is 7.57. The number of benzene rings is 3. The molecule has 0 heterocycles. The molecule has 192 valence electrons. The number of amides is 3. The van der Waals surface area contributed by atoms with Crippen LogP contribution < -0.4 is 35.3 Å². The SMILES string of the molecule is COc1cc(C(=O)Nc2cc(C(N)=O)cc(OC)c2OC)cc(NC(=O)/C=C/c2ccccc2)c1OC. The van der Waals surface area contributed by atoms with Crippen molar-refractivity contribution in [1.29, 1.82) is 0 Å². The number of methoxy groups -OCH3 is 4. The van der Waals surface area contributed by atoms with Crippen molar-refractivity contribution in [3.8, 4) is 23.0 Å². The summed E-state index contributed by atoms with van der Waals surface area (Å²) in [5.41, 5.74) is 6.87. The quantitative estimate of drug-likeness (QED) is 0.357. The lowest BCUT2D eigenvalue weighted by Crippen LogP contribution is -2.17. The van der Waals surface area contributed by atoms with Gasteiger partial charge in [0, 0.05) is 17.2 Å². The summed E-state index contributed by atoms with van der Waals surface area (Å²) in [6, 6.07) is 15.0. The monoisotopic (exact) mass is 505 g/mol. The van der Waals surface area contributed by atoms with Gasteiger partial charge in [-0.2, -0.15) is 0 Å². The molecule has 3 rings (SSSR count). The molecule has 10 heteroatoms. The maximum atomic E-state index is 13.2.